The Labute approximate surface area is 169 Å². The van der Waals surface area contributed by atoms with Crippen LogP contribution in [0.15, 0.2) is 71.7 Å². The van der Waals surface area contributed by atoms with Crippen LogP contribution in [-0.2, 0) is 13.0 Å². The minimum Gasteiger partial charge on any atom is -0.508 e. The first-order valence-corrected chi connectivity index (χ1v) is 9.42. The van der Waals surface area contributed by atoms with Gasteiger partial charge in [-0.05, 0) is 53.9 Å². The lowest BCUT2D eigenvalue weighted by molar-refractivity contribution is 0.106. The predicted molar refractivity (Wildman–Crippen MR) is 111 cm³/mol. The summed E-state index contributed by atoms with van der Waals surface area (Å²) in [5.74, 6) is 1.15. The fourth-order valence-corrected chi connectivity index (χ4v) is 3.35. The number of ether oxygens (including phenoxy) is 2. The molecule has 0 bridgehead atoms. The van der Waals surface area contributed by atoms with Crippen molar-refractivity contribution in [2.24, 2.45) is 4.99 Å². The van der Waals surface area contributed by atoms with Crippen LogP contribution in [0.3, 0.4) is 0 Å². The van der Waals surface area contributed by atoms with Crippen LogP contribution in [0.4, 0.5) is 0 Å². The summed E-state index contributed by atoms with van der Waals surface area (Å²) < 4.78 is 11.5. The van der Waals surface area contributed by atoms with Crippen molar-refractivity contribution in [2.75, 3.05) is 13.7 Å². The van der Waals surface area contributed by atoms with Gasteiger partial charge in [-0.15, -0.1) is 0 Å². The van der Waals surface area contributed by atoms with E-state index in [1.807, 2.05) is 42.5 Å². The highest BCUT2D eigenvalue weighted by Crippen LogP contribution is 2.34. The van der Waals surface area contributed by atoms with Crippen LogP contribution in [0.2, 0.25) is 0 Å². The van der Waals surface area contributed by atoms with E-state index in [2.05, 4.69) is 4.99 Å². The number of phenolic OH excluding ortho intramolecular Hbond substituents is 1. The van der Waals surface area contributed by atoms with Gasteiger partial charge in [0, 0.05) is 17.7 Å². The Morgan fingerprint density at radius 2 is 1.79 bits per heavy atom. The lowest BCUT2D eigenvalue weighted by Gasteiger charge is -2.20. The Kier molecular flexibility index (Phi) is 5.29. The molecule has 3 aromatic carbocycles. The number of carbonyl (C=O) groups is 1. The molecular formula is C24H21NO4. The summed E-state index contributed by atoms with van der Waals surface area (Å²) in [5, 5.41) is 9.47. The van der Waals surface area contributed by atoms with E-state index in [4.69, 9.17) is 9.47 Å². The van der Waals surface area contributed by atoms with Gasteiger partial charge in [0.05, 0.1) is 7.11 Å². The molecule has 0 amide bonds. The van der Waals surface area contributed by atoms with E-state index in [0.29, 0.717) is 35.9 Å². The number of benzene rings is 3. The number of Topliss-reactive ketones (excluding diaryl/α,β-unsaturated/α-hetero) is 1. The van der Waals surface area contributed by atoms with Crippen LogP contribution < -0.4 is 9.47 Å². The van der Waals surface area contributed by atoms with Gasteiger partial charge in [-0.3, -0.25) is 9.79 Å². The van der Waals surface area contributed by atoms with Crippen molar-refractivity contribution in [3.63, 3.8) is 0 Å². The topological polar surface area (TPSA) is 68.1 Å². The summed E-state index contributed by atoms with van der Waals surface area (Å²) in [6.07, 6.45) is 0.730. The number of aromatic hydroxyl groups is 1. The van der Waals surface area contributed by atoms with Gasteiger partial charge >= 0.3 is 0 Å². The van der Waals surface area contributed by atoms with E-state index in [1.54, 1.807) is 19.2 Å². The molecule has 1 heterocycles. The van der Waals surface area contributed by atoms with Crippen molar-refractivity contribution in [1.82, 2.24) is 0 Å². The van der Waals surface area contributed by atoms with Crippen molar-refractivity contribution >= 4 is 11.5 Å². The standard InChI is InChI=1S/C24H21NO4/c1-28-21-14-20-18(13-22(21)29-15-16-5-3-2-4-6-16)11-12-25-23(20)24(27)17-7-9-19(26)10-8-17/h2-10,13-14,26H,11-12,15H2,1H3. The van der Waals surface area contributed by atoms with Crippen molar-refractivity contribution < 1.29 is 19.4 Å². The predicted octanol–water partition coefficient (Wildman–Crippen LogP) is 4.21. The van der Waals surface area contributed by atoms with Crippen LogP contribution in [0, 0.1) is 0 Å². The van der Waals surface area contributed by atoms with Gasteiger partial charge in [0.25, 0.3) is 0 Å². The Hall–Kier alpha value is -3.60. The molecule has 29 heavy (non-hydrogen) atoms. The van der Waals surface area contributed by atoms with Crippen molar-refractivity contribution in [3.8, 4) is 17.2 Å². The summed E-state index contributed by atoms with van der Waals surface area (Å²) in [5.41, 5.74) is 3.73. The van der Waals surface area contributed by atoms with Gasteiger partial charge in [-0.2, -0.15) is 0 Å². The van der Waals surface area contributed by atoms with Gasteiger partial charge in [-0.25, -0.2) is 0 Å². The fraction of sp³-hybridized carbons (Fsp3) is 0.167. The molecule has 0 atom stereocenters. The molecule has 0 saturated heterocycles. The molecule has 0 fully saturated rings. The van der Waals surface area contributed by atoms with Crippen LogP contribution in [0.5, 0.6) is 17.2 Å². The number of nitrogens with zero attached hydrogens (tertiary/aromatic N) is 1. The average molecular weight is 387 g/mol. The van der Waals surface area contributed by atoms with Crippen LogP contribution in [0.25, 0.3) is 0 Å². The van der Waals surface area contributed by atoms with E-state index in [0.717, 1.165) is 23.1 Å². The monoisotopic (exact) mass is 387 g/mol. The van der Waals surface area contributed by atoms with Crippen molar-refractivity contribution in [3.05, 3.63) is 89.0 Å². The zero-order valence-corrected chi connectivity index (χ0v) is 16.1. The molecule has 5 nitrogen and oxygen atoms in total. The first kappa shape index (κ1) is 18.7. The molecule has 4 rings (SSSR count). The van der Waals surface area contributed by atoms with Crippen LogP contribution in [-0.4, -0.2) is 30.3 Å². The van der Waals surface area contributed by atoms with E-state index in [9.17, 15) is 9.90 Å². The second kappa shape index (κ2) is 8.19. The van der Waals surface area contributed by atoms with Crippen molar-refractivity contribution in [1.29, 1.82) is 0 Å². The normalized spacial score (nSPS) is 12.7. The number of methoxy groups -OCH3 is 1. The number of fused-ring (bicyclic) bond motifs is 1. The second-order valence-corrected chi connectivity index (χ2v) is 6.79. The molecule has 0 spiro atoms. The minimum absolute atomic E-state index is 0.120. The Morgan fingerprint density at radius 1 is 1.03 bits per heavy atom. The molecule has 5 heteroatoms. The first-order valence-electron chi connectivity index (χ1n) is 9.42. The third-order valence-corrected chi connectivity index (χ3v) is 4.88. The maximum atomic E-state index is 13.0. The number of ketones is 1. The SMILES string of the molecule is COc1cc2c(cc1OCc1ccccc1)CCN=C2C(=O)c1ccc(O)cc1. The van der Waals surface area contributed by atoms with Gasteiger partial charge in [0.1, 0.15) is 18.1 Å². The second-order valence-electron chi connectivity index (χ2n) is 6.79. The largest absolute Gasteiger partial charge is 0.508 e. The zero-order valence-electron chi connectivity index (χ0n) is 16.1. The van der Waals surface area contributed by atoms with Crippen LogP contribution in [0.1, 0.15) is 27.0 Å². The Bertz CT molecular complexity index is 1060. The number of aliphatic imine (C=N–C) groups is 1. The van der Waals surface area contributed by atoms with Gasteiger partial charge in [0.15, 0.2) is 11.5 Å². The van der Waals surface area contributed by atoms with E-state index in [-0.39, 0.29) is 11.5 Å². The highest BCUT2D eigenvalue weighted by atomic mass is 16.5. The minimum atomic E-state index is -0.175. The molecular weight excluding hydrogens is 366 g/mol. The Balaban J connectivity index is 1.63. The van der Waals surface area contributed by atoms with Gasteiger partial charge in [-0.1, -0.05) is 30.3 Å². The maximum Gasteiger partial charge on any atom is 0.211 e. The summed E-state index contributed by atoms with van der Waals surface area (Å²) in [6, 6.07) is 19.9. The molecule has 0 unspecified atom stereocenters. The lowest BCUT2D eigenvalue weighted by Crippen LogP contribution is -2.22. The molecule has 1 N–H and O–H groups in total. The molecule has 3 aromatic rings. The molecule has 0 aliphatic carbocycles. The van der Waals surface area contributed by atoms with Gasteiger partial charge < -0.3 is 14.6 Å². The molecule has 0 aromatic heterocycles. The Morgan fingerprint density at radius 3 is 2.52 bits per heavy atom. The fourth-order valence-electron chi connectivity index (χ4n) is 3.35. The quantitative estimate of drug-likeness (QED) is 0.644. The smallest absolute Gasteiger partial charge is 0.211 e. The molecule has 1 aliphatic rings. The third-order valence-electron chi connectivity index (χ3n) is 4.88. The first-order chi connectivity index (χ1) is 14.2. The van der Waals surface area contributed by atoms with Crippen LogP contribution >= 0.6 is 0 Å². The van der Waals surface area contributed by atoms with E-state index >= 15 is 0 Å². The summed E-state index contributed by atoms with van der Waals surface area (Å²) in [7, 11) is 1.58. The number of hydrogen-bond donors (Lipinski definition) is 1. The molecule has 146 valence electrons. The van der Waals surface area contributed by atoms with E-state index in [1.165, 1.54) is 12.1 Å². The summed E-state index contributed by atoms with van der Waals surface area (Å²) in [6.45, 7) is 0.972. The highest BCUT2D eigenvalue weighted by Gasteiger charge is 2.24. The molecule has 1 aliphatic heterocycles. The summed E-state index contributed by atoms with van der Waals surface area (Å²) >= 11 is 0. The third kappa shape index (κ3) is 3.99. The number of rotatable bonds is 6. The van der Waals surface area contributed by atoms with Gasteiger partial charge in [0.2, 0.25) is 5.78 Å². The lowest BCUT2D eigenvalue weighted by atomic mass is 9.92. The number of phenols is 1. The highest BCUT2D eigenvalue weighted by molar-refractivity contribution is 6.52. The van der Waals surface area contributed by atoms with E-state index < -0.39 is 0 Å². The zero-order chi connectivity index (χ0) is 20.2. The molecule has 0 saturated carbocycles. The number of hydrogen-bond acceptors (Lipinski definition) is 5. The van der Waals surface area contributed by atoms with Crippen molar-refractivity contribution in [2.45, 2.75) is 13.0 Å². The molecule has 0 radical (unpaired) electrons. The number of carbonyl (C=O) groups excluding carboxylic acids is 1. The summed E-state index contributed by atoms with van der Waals surface area (Å²) in [4.78, 5) is 17.5. The maximum absolute atomic E-state index is 13.0. The average Bonchev–Trinajstić information content (AvgIpc) is 2.77.